The van der Waals surface area contributed by atoms with Crippen LogP contribution in [0.3, 0.4) is 0 Å². The number of nitrogens with zero attached hydrogens (tertiary/aromatic N) is 1. The van der Waals surface area contributed by atoms with Crippen LogP contribution in [0, 0.1) is 10.4 Å². The van der Waals surface area contributed by atoms with Crippen molar-refractivity contribution in [3.05, 3.63) is 79.0 Å². The van der Waals surface area contributed by atoms with Crippen LogP contribution in [0.15, 0.2) is 47.0 Å². The predicted octanol–water partition coefficient (Wildman–Crippen LogP) is 3.61. The molecule has 1 atom stereocenters. The van der Waals surface area contributed by atoms with Crippen molar-refractivity contribution >= 4 is 37.9 Å². The molecule has 0 unspecified atom stereocenters. The third kappa shape index (κ3) is 4.20. The van der Waals surface area contributed by atoms with Gasteiger partial charge in [0.1, 0.15) is 0 Å². The maximum atomic E-state index is 13.3. The number of hydrogen-bond acceptors (Lipinski definition) is 3. The lowest BCUT2D eigenvalue weighted by atomic mass is 9.88. The summed E-state index contributed by atoms with van der Waals surface area (Å²) in [7, 11) is 0.789. The van der Waals surface area contributed by atoms with Crippen molar-refractivity contribution in [2.45, 2.75) is 30.9 Å². The molecule has 2 aliphatic carbocycles. The monoisotopic (exact) mass is 485 g/mol. The summed E-state index contributed by atoms with van der Waals surface area (Å²) in [5, 5.41) is 4.22. The Morgan fingerprint density at radius 3 is 2.73 bits per heavy atom. The van der Waals surface area contributed by atoms with Crippen LogP contribution in [0.1, 0.15) is 35.6 Å². The molecule has 2 aromatic rings. The van der Waals surface area contributed by atoms with Gasteiger partial charge < -0.3 is 4.90 Å². The standard InChI is InChI=1S/C25H28BrNO2S/c1-27(2)16-4-3-5-17-30(28,29)24-11-6-8-18-12-13-20-19-9-7-10-23(26)21(19)14-15-22(20)25(18)24/h3,5,7-10,12-14,24H,4,6,11,15-17H2,1-2H3/t24-/m1/s1. The van der Waals surface area contributed by atoms with Gasteiger partial charge in [0.05, 0.1) is 11.0 Å². The summed E-state index contributed by atoms with van der Waals surface area (Å²) in [5.74, 6) is 0.111. The first-order valence-corrected chi connectivity index (χ1v) is 13.0. The van der Waals surface area contributed by atoms with E-state index in [-0.39, 0.29) is 5.75 Å². The zero-order valence-electron chi connectivity index (χ0n) is 17.6. The molecule has 0 amide bonds. The largest absolute Gasteiger partial charge is 0.309 e. The van der Waals surface area contributed by atoms with Gasteiger partial charge >= 0.3 is 0 Å². The van der Waals surface area contributed by atoms with E-state index in [2.05, 4.69) is 57.2 Å². The second-order valence-corrected chi connectivity index (χ2v) is 11.4. The highest BCUT2D eigenvalue weighted by molar-refractivity contribution is 9.10. The van der Waals surface area contributed by atoms with Crippen molar-refractivity contribution in [3.63, 3.8) is 0 Å². The molecule has 0 heterocycles. The van der Waals surface area contributed by atoms with E-state index >= 15 is 0 Å². The topological polar surface area (TPSA) is 37.4 Å². The summed E-state index contributed by atoms with van der Waals surface area (Å²) in [4.78, 5) is 2.10. The average Bonchev–Trinajstić information content (AvgIpc) is 2.72. The Bertz CT molecular complexity index is 1310. The van der Waals surface area contributed by atoms with Gasteiger partial charge in [-0.15, -0.1) is 0 Å². The lowest BCUT2D eigenvalue weighted by Gasteiger charge is -2.25. The molecule has 30 heavy (non-hydrogen) atoms. The number of fused-ring (bicyclic) bond motifs is 4. The summed E-state index contributed by atoms with van der Waals surface area (Å²) in [5.41, 5.74) is 2.21. The Morgan fingerprint density at radius 1 is 1.10 bits per heavy atom. The second kappa shape index (κ2) is 8.81. The third-order valence-corrected chi connectivity index (χ3v) is 8.72. The molecule has 0 saturated heterocycles. The van der Waals surface area contributed by atoms with E-state index in [0.717, 1.165) is 41.1 Å². The van der Waals surface area contributed by atoms with E-state index in [4.69, 9.17) is 0 Å². The van der Waals surface area contributed by atoms with Gasteiger partial charge in [0.2, 0.25) is 0 Å². The minimum absolute atomic E-state index is 0.111. The first-order chi connectivity index (χ1) is 14.4. The molecule has 3 nitrogen and oxygen atoms in total. The summed E-state index contributed by atoms with van der Waals surface area (Å²) in [6.07, 6.45) is 11.4. The van der Waals surface area contributed by atoms with Crippen LogP contribution in [-0.2, 0) is 16.3 Å². The number of hydrogen-bond donors (Lipinski definition) is 0. The third-order valence-electron chi connectivity index (χ3n) is 6.03. The van der Waals surface area contributed by atoms with Gasteiger partial charge in [-0.05, 0) is 77.8 Å². The van der Waals surface area contributed by atoms with Gasteiger partial charge in [0.15, 0.2) is 9.84 Å². The van der Waals surface area contributed by atoms with Gasteiger partial charge in [0.25, 0.3) is 0 Å². The highest BCUT2D eigenvalue weighted by Gasteiger charge is 2.31. The fourth-order valence-corrected chi connectivity index (χ4v) is 6.86. The molecule has 4 rings (SSSR count). The smallest absolute Gasteiger partial charge is 0.160 e. The molecule has 2 aliphatic rings. The van der Waals surface area contributed by atoms with Gasteiger partial charge in [-0.1, -0.05) is 64.5 Å². The maximum Gasteiger partial charge on any atom is 0.160 e. The molecule has 0 fully saturated rings. The van der Waals surface area contributed by atoms with Gasteiger partial charge in [0, 0.05) is 11.0 Å². The van der Waals surface area contributed by atoms with Gasteiger partial charge in [-0.3, -0.25) is 0 Å². The first kappa shape index (κ1) is 21.5. The Hall–Kier alpha value is -1.69. The lowest BCUT2D eigenvalue weighted by molar-refractivity contribution is 0.417. The van der Waals surface area contributed by atoms with Crippen LogP contribution in [0.5, 0.6) is 0 Å². The molecule has 0 spiro atoms. The highest BCUT2D eigenvalue weighted by atomic mass is 79.9. The van der Waals surface area contributed by atoms with Crippen LogP contribution in [-0.4, -0.2) is 39.7 Å². The molecule has 2 aromatic carbocycles. The molecule has 0 bridgehead atoms. The molecule has 0 N–H and O–H groups in total. The molecular weight excluding hydrogens is 458 g/mol. The second-order valence-electron chi connectivity index (χ2n) is 8.37. The highest BCUT2D eigenvalue weighted by Crippen LogP contribution is 2.33. The van der Waals surface area contributed by atoms with Crippen LogP contribution < -0.4 is 10.4 Å². The van der Waals surface area contributed by atoms with E-state index < -0.39 is 15.1 Å². The van der Waals surface area contributed by atoms with Crippen LogP contribution in [0.4, 0.5) is 0 Å². The fraction of sp³-hybridized carbons (Fsp3) is 0.360. The molecular formula is C25H28BrNO2S. The zero-order valence-corrected chi connectivity index (χ0v) is 20.0. The summed E-state index contributed by atoms with van der Waals surface area (Å²) < 4.78 is 27.8. The predicted molar refractivity (Wildman–Crippen MR) is 128 cm³/mol. The quantitative estimate of drug-likeness (QED) is 0.586. The van der Waals surface area contributed by atoms with E-state index in [1.165, 1.54) is 21.2 Å². The summed E-state index contributed by atoms with van der Waals surface area (Å²) >= 11 is 3.66. The van der Waals surface area contributed by atoms with Crippen molar-refractivity contribution in [1.29, 1.82) is 0 Å². The summed E-state index contributed by atoms with van der Waals surface area (Å²) in [6, 6.07) is 10.5. The minimum Gasteiger partial charge on any atom is -0.309 e. The maximum absolute atomic E-state index is 13.3. The first-order valence-electron chi connectivity index (χ1n) is 10.5. The molecule has 0 aromatic heterocycles. The number of rotatable bonds is 6. The fourth-order valence-electron chi connectivity index (χ4n) is 4.56. The van der Waals surface area contributed by atoms with Crippen molar-refractivity contribution < 1.29 is 8.42 Å². The van der Waals surface area contributed by atoms with Gasteiger partial charge in [-0.2, -0.15) is 0 Å². The molecule has 158 valence electrons. The number of halogens is 1. The van der Waals surface area contributed by atoms with Crippen molar-refractivity contribution in [1.82, 2.24) is 4.90 Å². The van der Waals surface area contributed by atoms with Crippen LogP contribution >= 0.6 is 15.9 Å². The molecule has 5 heteroatoms. The molecule has 0 radical (unpaired) electrons. The normalized spacial score (nSPS) is 17.8. The van der Waals surface area contributed by atoms with Crippen molar-refractivity contribution in [2.75, 3.05) is 26.4 Å². The minimum atomic E-state index is -3.26. The van der Waals surface area contributed by atoms with Crippen LogP contribution in [0.2, 0.25) is 0 Å². The number of benzene rings is 2. The summed E-state index contributed by atoms with van der Waals surface area (Å²) in [6.45, 7) is 0.927. The van der Waals surface area contributed by atoms with E-state index in [1.807, 2.05) is 32.3 Å². The van der Waals surface area contributed by atoms with E-state index in [0.29, 0.717) is 6.42 Å². The van der Waals surface area contributed by atoms with Gasteiger partial charge in [-0.25, -0.2) is 8.42 Å². The molecule has 0 saturated carbocycles. The SMILES string of the molecule is CN(C)CCC=CCS(=O)(=O)[C@@H]1CCC=c2ccc3c(c21)CC=c1c(Br)cccc1=3. The average molecular weight is 486 g/mol. The zero-order chi connectivity index (χ0) is 21.3. The molecule has 0 aliphatic heterocycles. The van der Waals surface area contributed by atoms with E-state index in [9.17, 15) is 8.42 Å². The Kier molecular flexibility index (Phi) is 6.33. The number of sulfone groups is 1. The lowest BCUT2D eigenvalue weighted by Crippen LogP contribution is -2.28. The Balaban J connectivity index is 1.78. The van der Waals surface area contributed by atoms with Crippen LogP contribution in [0.25, 0.3) is 12.2 Å². The van der Waals surface area contributed by atoms with E-state index in [1.54, 1.807) is 0 Å². The van der Waals surface area contributed by atoms with Crippen molar-refractivity contribution in [2.24, 2.45) is 0 Å². The van der Waals surface area contributed by atoms with Crippen molar-refractivity contribution in [3.8, 4) is 0 Å². The Labute approximate surface area is 187 Å². The Morgan fingerprint density at radius 2 is 1.93 bits per heavy atom.